The molecule has 1 heterocycles. The number of nitrogens with zero attached hydrogens (tertiary/aromatic N) is 3. The molecule has 2 aromatic rings. The Morgan fingerprint density at radius 3 is 2.79 bits per heavy atom. The molecule has 1 N–H and O–H groups in total. The van der Waals surface area contributed by atoms with Gasteiger partial charge in [-0.15, -0.1) is 0 Å². The molecule has 0 atom stereocenters. The second-order valence-electron chi connectivity index (χ2n) is 3.68. The van der Waals surface area contributed by atoms with Crippen molar-refractivity contribution in [2.24, 2.45) is 4.99 Å². The van der Waals surface area contributed by atoms with Crippen LogP contribution in [0.15, 0.2) is 53.8 Å². The van der Waals surface area contributed by atoms with Gasteiger partial charge in [0.15, 0.2) is 0 Å². The number of aliphatic imine (C=N–C) groups is 1. The summed E-state index contributed by atoms with van der Waals surface area (Å²) in [5.74, 6) is 0.308. The monoisotopic (exact) mass is 258 g/mol. The SMILES string of the molecule is CN=C(NC(=O)OCc1ccccc1)n1cccn1. The van der Waals surface area contributed by atoms with Gasteiger partial charge in [-0.2, -0.15) is 5.10 Å². The molecule has 0 saturated carbocycles. The van der Waals surface area contributed by atoms with Crippen molar-refractivity contribution in [2.45, 2.75) is 6.61 Å². The highest BCUT2D eigenvalue weighted by Gasteiger charge is 2.08. The van der Waals surface area contributed by atoms with E-state index in [1.54, 1.807) is 25.5 Å². The molecule has 6 heteroatoms. The van der Waals surface area contributed by atoms with Crippen LogP contribution in [0, 0.1) is 0 Å². The number of carbonyl (C=O) groups is 1. The van der Waals surface area contributed by atoms with E-state index in [2.05, 4.69) is 15.4 Å². The summed E-state index contributed by atoms with van der Waals surface area (Å²) in [6.45, 7) is 0.211. The Bertz CT molecular complexity index is 549. The average Bonchev–Trinajstić information content (AvgIpc) is 2.97. The first kappa shape index (κ1) is 12.8. The van der Waals surface area contributed by atoms with Crippen molar-refractivity contribution >= 4 is 12.1 Å². The lowest BCUT2D eigenvalue weighted by atomic mass is 10.2. The predicted octanol–water partition coefficient (Wildman–Crippen LogP) is 1.64. The molecule has 0 unspecified atom stereocenters. The minimum atomic E-state index is -0.569. The number of ether oxygens (including phenoxy) is 1. The highest BCUT2D eigenvalue weighted by Crippen LogP contribution is 2.00. The minimum Gasteiger partial charge on any atom is -0.444 e. The molecule has 2 rings (SSSR count). The van der Waals surface area contributed by atoms with Crippen molar-refractivity contribution in [3.63, 3.8) is 0 Å². The number of hydrogen-bond acceptors (Lipinski definition) is 4. The zero-order chi connectivity index (χ0) is 13.5. The van der Waals surface area contributed by atoms with Gasteiger partial charge in [0.1, 0.15) is 6.61 Å². The van der Waals surface area contributed by atoms with Gasteiger partial charge in [-0.05, 0) is 11.6 Å². The molecule has 19 heavy (non-hydrogen) atoms. The molecule has 1 aromatic heterocycles. The molecule has 0 aliphatic carbocycles. The Morgan fingerprint density at radius 2 is 2.16 bits per heavy atom. The van der Waals surface area contributed by atoms with Gasteiger partial charge in [-0.1, -0.05) is 30.3 Å². The highest BCUT2D eigenvalue weighted by molar-refractivity contribution is 5.94. The summed E-state index contributed by atoms with van der Waals surface area (Å²) in [4.78, 5) is 15.6. The number of hydrogen-bond donors (Lipinski definition) is 1. The van der Waals surface area contributed by atoms with E-state index in [4.69, 9.17) is 4.74 Å². The fraction of sp³-hybridized carbons (Fsp3) is 0.154. The lowest BCUT2D eigenvalue weighted by Gasteiger charge is -2.08. The van der Waals surface area contributed by atoms with Crippen molar-refractivity contribution in [3.8, 4) is 0 Å². The third-order valence-electron chi connectivity index (χ3n) is 2.36. The van der Waals surface area contributed by atoms with Crippen LogP contribution in [-0.4, -0.2) is 28.9 Å². The van der Waals surface area contributed by atoms with E-state index in [1.165, 1.54) is 4.68 Å². The summed E-state index contributed by atoms with van der Waals surface area (Å²) in [5.41, 5.74) is 0.923. The number of nitrogens with one attached hydrogen (secondary N) is 1. The van der Waals surface area contributed by atoms with Crippen molar-refractivity contribution in [3.05, 3.63) is 54.4 Å². The van der Waals surface area contributed by atoms with Gasteiger partial charge in [-0.3, -0.25) is 10.3 Å². The summed E-state index contributed by atoms with van der Waals surface area (Å²) in [6, 6.07) is 11.2. The third-order valence-corrected chi connectivity index (χ3v) is 2.36. The van der Waals surface area contributed by atoms with Gasteiger partial charge in [0.05, 0.1) is 0 Å². The van der Waals surface area contributed by atoms with Crippen LogP contribution in [0.1, 0.15) is 5.56 Å². The van der Waals surface area contributed by atoms with Crippen molar-refractivity contribution in [1.82, 2.24) is 15.1 Å². The van der Waals surface area contributed by atoms with Gasteiger partial charge in [0, 0.05) is 19.4 Å². The third kappa shape index (κ3) is 3.67. The first-order valence-corrected chi connectivity index (χ1v) is 5.74. The largest absolute Gasteiger partial charge is 0.444 e. The number of rotatable bonds is 2. The maximum Gasteiger partial charge on any atom is 0.414 e. The van der Waals surface area contributed by atoms with Crippen LogP contribution in [0.5, 0.6) is 0 Å². The summed E-state index contributed by atoms with van der Waals surface area (Å²) in [7, 11) is 1.56. The number of aromatic nitrogens is 2. The Labute approximate surface area is 110 Å². The Morgan fingerprint density at radius 1 is 1.37 bits per heavy atom. The van der Waals surface area contributed by atoms with Crippen molar-refractivity contribution in [1.29, 1.82) is 0 Å². The summed E-state index contributed by atoms with van der Waals surface area (Å²) < 4.78 is 6.53. The van der Waals surface area contributed by atoms with Crippen LogP contribution in [0.4, 0.5) is 4.79 Å². The number of alkyl carbamates (subject to hydrolysis) is 1. The maximum absolute atomic E-state index is 11.6. The molecule has 1 aromatic carbocycles. The standard InChI is InChI=1S/C13H14N4O2/c1-14-12(17-9-5-8-15-17)16-13(18)19-10-11-6-3-2-4-7-11/h2-9H,10H2,1H3,(H,14,16,18). The molecule has 0 radical (unpaired) electrons. The van der Waals surface area contributed by atoms with E-state index >= 15 is 0 Å². The Hall–Kier alpha value is -2.63. The molecular weight excluding hydrogens is 244 g/mol. The molecule has 0 aliphatic heterocycles. The van der Waals surface area contributed by atoms with Gasteiger partial charge < -0.3 is 4.74 Å². The molecule has 0 aliphatic rings. The molecule has 6 nitrogen and oxygen atoms in total. The lowest BCUT2D eigenvalue weighted by Crippen LogP contribution is -2.36. The first-order valence-electron chi connectivity index (χ1n) is 5.74. The smallest absolute Gasteiger partial charge is 0.414 e. The molecule has 1 amide bonds. The van der Waals surface area contributed by atoms with E-state index in [1.807, 2.05) is 30.3 Å². The van der Waals surface area contributed by atoms with Crippen LogP contribution in [0.25, 0.3) is 0 Å². The van der Waals surface area contributed by atoms with Crippen LogP contribution < -0.4 is 5.32 Å². The fourth-order valence-electron chi connectivity index (χ4n) is 1.46. The second kappa shape index (κ2) is 6.34. The molecular formula is C13H14N4O2. The maximum atomic E-state index is 11.6. The van der Waals surface area contributed by atoms with Gasteiger partial charge in [0.25, 0.3) is 0 Å². The van der Waals surface area contributed by atoms with Gasteiger partial charge >= 0.3 is 6.09 Å². The van der Waals surface area contributed by atoms with Gasteiger partial charge in [0.2, 0.25) is 5.96 Å². The second-order valence-corrected chi connectivity index (χ2v) is 3.68. The zero-order valence-corrected chi connectivity index (χ0v) is 10.5. The van der Waals surface area contributed by atoms with E-state index in [-0.39, 0.29) is 6.61 Å². The van der Waals surface area contributed by atoms with Crippen molar-refractivity contribution < 1.29 is 9.53 Å². The fourth-order valence-corrected chi connectivity index (χ4v) is 1.46. The topological polar surface area (TPSA) is 68.5 Å². The number of benzene rings is 1. The van der Waals surface area contributed by atoms with Crippen LogP contribution in [0.2, 0.25) is 0 Å². The van der Waals surface area contributed by atoms with E-state index in [9.17, 15) is 4.79 Å². The van der Waals surface area contributed by atoms with Crippen LogP contribution in [-0.2, 0) is 11.3 Å². The normalized spacial score (nSPS) is 11.1. The first-order chi connectivity index (χ1) is 9.29. The summed E-state index contributed by atoms with van der Waals surface area (Å²) in [5, 5.41) is 6.50. The number of carbonyl (C=O) groups excluding carboxylic acids is 1. The van der Waals surface area contributed by atoms with E-state index in [0.29, 0.717) is 5.96 Å². The molecule has 0 bridgehead atoms. The van der Waals surface area contributed by atoms with Gasteiger partial charge in [-0.25, -0.2) is 9.48 Å². The van der Waals surface area contributed by atoms with Crippen LogP contribution in [0.3, 0.4) is 0 Å². The van der Waals surface area contributed by atoms with Crippen molar-refractivity contribution in [2.75, 3.05) is 7.05 Å². The lowest BCUT2D eigenvalue weighted by molar-refractivity contribution is 0.144. The quantitative estimate of drug-likeness (QED) is 0.657. The van der Waals surface area contributed by atoms with E-state index in [0.717, 1.165) is 5.56 Å². The summed E-state index contributed by atoms with van der Waals surface area (Å²) in [6.07, 6.45) is 2.71. The molecule has 0 fully saturated rings. The summed E-state index contributed by atoms with van der Waals surface area (Å²) >= 11 is 0. The molecule has 0 spiro atoms. The Balaban J connectivity index is 1.87. The molecule has 98 valence electrons. The minimum absolute atomic E-state index is 0.211. The Kier molecular flexibility index (Phi) is 4.28. The number of amides is 1. The van der Waals surface area contributed by atoms with E-state index < -0.39 is 6.09 Å². The highest BCUT2D eigenvalue weighted by atomic mass is 16.5. The average molecular weight is 258 g/mol. The molecule has 0 saturated heterocycles. The zero-order valence-electron chi connectivity index (χ0n) is 10.5. The predicted molar refractivity (Wildman–Crippen MR) is 70.7 cm³/mol. The van der Waals surface area contributed by atoms with Crippen LogP contribution >= 0.6 is 0 Å².